The molecule has 1 aromatic carbocycles. The number of amides is 1. The highest BCUT2D eigenvalue weighted by Gasteiger charge is 2.42. The fraction of sp³-hybridized carbons (Fsp3) is 0.565. The molecule has 1 aromatic rings. The van der Waals surface area contributed by atoms with Crippen molar-refractivity contribution in [2.75, 3.05) is 26.2 Å². The highest BCUT2D eigenvalue weighted by atomic mass is 16.8. The molecule has 4 rings (SSSR count). The maximum atomic E-state index is 12.8. The molecule has 7 heteroatoms. The quantitative estimate of drug-likeness (QED) is 0.589. The third kappa shape index (κ3) is 4.91. The molecule has 1 spiro atoms. The Kier molecular flexibility index (Phi) is 6.51. The van der Waals surface area contributed by atoms with Crippen molar-refractivity contribution in [2.45, 2.75) is 57.3 Å². The number of benzene rings is 1. The van der Waals surface area contributed by atoms with E-state index in [9.17, 15) is 9.59 Å². The van der Waals surface area contributed by atoms with E-state index in [0.717, 1.165) is 57.3 Å². The Bertz CT molecular complexity index is 808. The number of carbonyl (C=O) groups is 2. The van der Waals surface area contributed by atoms with Crippen LogP contribution in [-0.4, -0.2) is 54.7 Å². The molecule has 162 valence electrons. The average molecular weight is 415 g/mol. The van der Waals surface area contributed by atoms with Crippen molar-refractivity contribution < 1.29 is 23.9 Å². The lowest BCUT2D eigenvalue weighted by atomic mass is 9.82. The molecule has 1 atom stereocenters. The lowest BCUT2D eigenvalue weighted by Crippen LogP contribution is -2.50. The zero-order chi connectivity index (χ0) is 21.0. The summed E-state index contributed by atoms with van der Waals surface area (Å²) in [6.07, 6.45) is 7.66. The fourth-order valence-electron chi connectivity index (χ4n) is 4.30. The number of carbonyl (C=O) groups excluding carboxylic acids is 2. The minimum absolute atomic E-state index is 0.110. The summed E-state index contributed by atoms with van der Waals surface area (Å²) in [5.41, 5.74) is 3.39. The van der Waals surface area contributed by atoms with E-state index in [4.69, 9.17) is 14.3 Å². The minimum Gasteiger partial charge on any atom is -0.486 e. The van der Waals surface area contributed by atoms with E-state index in [1.54, 1.807) is 12.1 Å². The summed E-state index contributed by atoms with van der Waals surface area (Å²) in [7, 11) is 0. The summed E-state index contributed by atoms with van der Waals surface area (Å²) in [5, 5.41) is 0. The number of ether oxygens (including phenoxy) is 2. The Morgan fingerprint density at radius 3 is 2.90 bits per heavy atom. The zero-order valence-electron chi connectivity index (χ0n) is 17.5. The molecule has 1 N–H and O–H groups in total. The summed E-state index contributed by atoms with van der Waals surface area (Å²) < 4.78 is 11.7. The van der Waals surface area contributed by atoms with Crippen LogP contribution in [0.1, 0.15) is 61.4 Å². The van der Waals surface area contributed by atoms with Crippen LogP contribution in [-0.2, 0) is 14.4 Å². The molecule has 0 aliphatic carbocycles. The first-order valence-corrected chi connectivity index (χ1v) is 10.9. The zero-order valence-corrected chi connectivity index (χ0v) is 17.5. The summed E-state index contributed by atoms with van der Waals surface area (Å²) in [4.78, 5) is 32.5. The smallest absolute Gasteiger partial charge is 0.267 e. The molecule has 1 amide bonds. The third-order valence-corrected chi connectivity index (χ3v) is 6.18. The van der Waals surface area contributed by atoms with Gasteiger partial charge in [-0.25, -0.2) is 10.3 Å². The van der Waals surface area contributed by atoms with Crippen LogP contribution in [0.25, 0.3) is 6.08 Å². The van der Waals surface area contributed by atoms with Gasteiger partial charge in [-0.2, -0.15) is 0 Å². The predicted octanol–water partition coefficient (Wildman–Crippen LogP) is 3.09. The number of nitrogens with one attached hydrogen (secondary N) is 1. The highest BCUT2D eigenvalue weighted by Crippen LogP contribution is 2.39. The first-order chi connectivity index (χ1) is 14.6. The Balaban J connectivity index is 1.36. The molecule has 30 heavy (non-hydrogen) atoms. The van der Waals surface area contributed by atoms with Crippen molar-refractivity contribution in [3.63, 3.8) is 0 Å². The van der Waals surface area contributed by atoms with E-state index < -0.39 is 0 Å². The maximum absolute atomic E-state index is 12.8. The molecule has 7 nitrogen and oxygen atoms in total. The molecule has 1 unspecified atom stereocenters. The normalized spacial score (nSPS) is 23.9. The van der Waals surface area contributed by atoms with Crippen LogP contribution >= 0.6 is 0 Å². The van der Waals surface area contributed by atoms with Crippen molar-refractivity contribution >= 4 is 17.8 Å². The average Bonchev–Trinajstić information content (AvgIpc) is 2.78. The van der Waals surface area contributed by atoms with E-state index in [2.05, 4.69) is 17.3 Å². The van der Waals surface area contributed by atoms with Gasteiger partial charge in [0.15, 0.2) is 12.1 Å². The van der Waals surface area contributed by atoms with Crippen LogP contribution in [0.5, 0.6) is 5.75 Å². The maximum Gasteiger partial charge on any atom is 0.267 e. The van der Waals surface area contributed by atoms with Crippen molar-refractivity contribution in [1.29, 1.82) is 0 Å². The minimum atomic E-state index is -0.383. The number of piperidine rings is 1. The number of Topliss-reactive ketones (excluding diaryl/α,β-unsaturated/α-hetero) is 1. The second-order valence-corrected chi connectivity index (χ2v) is 8.29. The van der Waals surface area contributed by atoms with Gasteiger partial charge in [-0.15, -0.1) is 0 Å². The van der Waals surface area contributed by atoms with E-state index in [1.807, 2.05) is 12.1 Å². The Hall–Kier alpha value is -2.22. The molecule has 0 saturated carbocycles. The third-order valence-electron chi connectivity index (χ3n) is 6.18. The van der Waals surface area contributed by atoms with Gasteiger partial charge >= 0.3 is 0 Å². The second kappa shape index (κ2) is 9.29. The largest absolute Gasteiger partial charge is 0.486 e. The molecule has 3 heterocycles. The Morgan fingerprint density at radius 2 is 2.17 bits per heavy atom. The van der Waals surface area contributed by atoms with Crippen LogP contribution < -0.4 is 10.2 Å². The van der Waals surface area contributed by atoms with Crippen LogP contribution in [0.2, 0.25) is 0 Å². The highest BCUT2D eigenvalue weighted by molar-refractivity contribution is 6.01. The first-order valence-electron chi connectivity index (χ1n) is 10.9. The lowest BCUT2D eigenvalue weighted by Gasteiger charge is -2.43. The molecule has 3 aliphatic heterocycles. The molecule has 0 aromatic heterocycles. The van der Waals surface area contributed by atoms with Crippen LogP contribution in [0.3, 0.4) is 0 Å². The van der Waals surface area contributed by atoms with E-state index >= 15 is 0 Å². The van der Waals surface area contributed by atoms with Gasteiger partial charge in [0.1, 0.15) is 11.4 Å². The van der Waals surface area contributed by atoms with Crippen LogP contribution in [0.4, 0.5) is 0 Å². The molecule has 0 bridgehead atoms. The number of nitrogens with zero attached hydrogens (tertiary/aromatic N) is 1. The van der Waals surface area contributed by atoms with Gasteiger partial charge < -0.3 is 14.4 Å². The van der Waals surface area contributed by atoms with Crippen molar-refractivity contribution in [3.8, 4) is 5.75 Å². The fourth-order valence-corrected chi connectivity index (χ4v) is 4.30. The molecule has 0 radical (unpaired) electrons. The first kappa shape index (κ1) is 21.0. The molecular weight excluding hydrogens is 384 g/mol. The number of rotatable bonds is 5. The standard InChI is InChI=1S/C23H30N2O5/c1-2-25-12-10-23(11-13-25)16-19(26)18-15-17(6-8-20(18)29-23)7-9-21(27)24-30-22-5-3-4-14-28-22/h6-9,15,22H,2-5,10-14,16H2,1H3,(H,24,27)/b9-7+. The lowest BCUT2D eigenvalue weighted by molar-refractivity contribution is -0.198. The topological polar surface area (TPSA) is 77.1 Å². The SMILES string of the molecule is CCN1CCC2(CC1)CC(=O)c1cc(/C=C/C(=O)NOC3CCCCO3)ccc1O2. The van der Waals surface area contributed by atoms with Gasteiger partial charge in [0.2, 0.25) is 0 Å². The number of fused-ring (bicyclic) bond motifs is 1. The van der Waals surface area contributed by atoms with E-state index in [-0.39, 0.29) is 23.6 Å². The van der Waals surface area contributed by atoms with Gasteiger partial charge in [-0.3, -0.25) is 9.59 Å². The van der Waals surface area contributed by atoms with Gasteiger partial charge in [-0.1, -0.05) is 13.0 Å². The van der Waals surface area contributed by atoms with Crippen LogP contribution in [0.15, 0.2) is 24.3 Å². The van der Waals surface area contributed by atoms with Gasteiger partial charge in [0.05, 0.1) is 12.0 Å². The number of hydroxylamine groups is 1. The van der Waals surface area contributed by atoms with Gasteiger partial charge in [0, 0.05) is 45.0 Å². The van der Waals surface area contributed by atoms with Crippen LogP contribution in [0, 0.1) is 0 Å². The van der Waals surface area contributed by atoms with Gasteiger partial charge in [-0.05, 0) is 43.2 Å². The monoisotopic (exact) mass is 414 g/mol. The summed E-state index contributed by atoms with van der Waals surface area (Å²) in [6, 6.07) is 5.49. The van der Waals surface area contributed by atoms with E-state index in [0.29, 0.717) is 24.3 Å². The number of hydrogen-bond acceptors (Lipinski definition) is 6. The van der Waals surface area contributed by atoms with Crippen molar-refractivity contribution in [3.05, 3.63) is 35.4 Å². The Morgan fingerprint density at radius 1 is 1.33 bits per heavy atom. The molecule has 3 aliphatic rings. The number of ketones is 1. The molecule has 2 saturated heterocycles. The van der Waals surface area contributed by atoms with Gasteiger partial charge in [0.25, 0.3) is 5.91 Å². The second-order valence-electron chi connectivity index (χ2n) is 8.29. The van der Waals surface area contributed by atoms with Crippen molar-refractivity contribution in [2.24, 2.45) is 0 Å². The summed E-state index contributed by atoms with van der Waals surface area (Å²) >= 11 is 0. The number of likely N-dealkylation sites (tertiary alicyclic amines) is 1. The molecule has 2 fully saturated rings. The summed E-state index contributed by atoms with van der Waals surface area (Å²) in [6.45, 7) is 5.76. The number of hydrogen-bond donors (Lipinski definition) is 1. The van der Waals surface area contributed by atoms with Crippen molar-refractivity contribution in [1.82, 2.24) is 10.4 Å². The van der Waals surface area contributed by atoms with E-state index in [1.165, 1.54) is 6.08 Å². The Labute approximate surface area is 177 Å². The molecular formula is C23H30N2O5. The predicted molar refractivity (Wildman–Crippen MR) is 112 cm³/mol. The summed E-state index contributed by atoms with van der Waals surface area (Å²) in [5.74, 6) is 0.389.